The van der Waals surface area contributed by atoms with Crippen molar-refractivity contribution >= 4 is 23.2 Å². The van der Waals surface area contributed by atoms with Crippen molar-refractivity contribution in [1.82, 2.24) is 20.1 Å². The van der Waals surface area contributed by atoms with Gasteiger partial charge in [-0.3, -0.25) is 10.00 Å². The molecule has 0 aliphatic carbocycles. The predicted octanol–water partition coefficient (Wildman–Crippen LogP) is 6.19. The van der Waals surface area contributed by atoms with E-state index < -0.39 is 0 Å². The van der Waals surface area contributed by atoms with E-state index in [4.69, 9.17) is 16.6 Å². The van der Waals surface area contributed by atoms with E-state index in [0.717, 1.165) is 55.3 Å². The first-order valence-corrected chi connectivity index (χ1v) is 11.7. The van der Waals surface area contributed by atoms with Gasteiger partial charge >= 0.3 is 0 Å². The van der Waals surface area contributed by atoms with Crippen LogP contribution in [0.4, 0.5) is 16.0 Å². The van der Waals surface area contributed by atoms with E-state index in [0.29, 0.717) is 24.1 Å². The highest BCUT2D eigenvalue weighted by Gasteiger charge is 2.28. The summed E-state index contributed by atoms with van der Waals surface area (Å²) in [6, 6.07) is 11.8. The Labute approximate surface area is 194 Å². The number of rotatable bonds is 7. The van der Waals surface area contributed by atoms with Crippen LogP contribution in [0.3, 0.4) is 0 Å². The Morgan fingerprint density at radius 2 is 2.06 bits per heavy atom. The number of benzene rings is 1. The van der Waals surface area contributed by atoms with E-state index in [2.05, 4.69) is 40.3 Å². The first-order valence-electron chi connectivity index (χ1n) is 11.4. The molecule has 0 amide bonds. The summed E-state index contributed by atoms with van der Waals surface area (Å²) in [5.74, 6) is 1.87. The van der Waals surface area contributed by atoms with Crippen molar-refractivity contribution in [3.8, 4) is 0 Å². The summed E-state index contributed by atoms with van der Waals surface area (Å²) in [7, 11) is 0. The van der Waals surface area contributed by atoms with Crippen molar-refractivity contribution in [1.29, 1.82) is 0 Å². The summed E-state index contributed by atoms with van der Waals surface area (Å²) < 4.78 is 14.4. The molecule has 1 aliphatic rings. The number of nitrogens with one attached hydrogen (secondary N) is 2. The third-order valence-corrected chi connectivity index (χ3v) is 6.76. The largest absolute Gasteiger partial charge is 0.323 e. The van der Waals surface area contributed by atoms with Gasteiger partial charge in [-0.05, 0) is 69.7 Å². The Morgan fingerprint density at radius 3 is 2.81 bits per heavy atom. The third-order valence-electron chi connectivity index (χ3n) is 6.47. The van der Waals surface area contributed by atoms with Gasteiger partial charge in [0.2, 0.25) is 0 Å². The summed E-state index contributed by atoms with van der Waals surface area (Å²) in [5.41, 5.74) is 4.04. The van der Waals surface area contributed by atoms with E-state index >= 15 is 0 Å². The number of aryl methyl sites for hydroxylation is 2. The van der Waals surface area contributed by atoms with E-state index in [1.807, 2.05) is 31.2 Å². The van der Waals surface area contributed by atoms with Gasteiger partial charge in [-0.1, -0.05) is 36.7 Å². The highest BCUT2D eigenvalue weighted by molar-refractivity contribution is 6.30. The number of aromatic nitrogens is 3. The van der Waals surface area contributed by atoms with Crippen molar-refractivity contribution in [3.05, 3.63) is 69.8 Å². The molecule has 4 rings (SSSR count). The number of hydrogen-bond donors (Lipinski definition) is 2. The van der Waals surface area contributed by atoms with Crippen LogP contribution in [0.25, 0.3) is 0 Å². The van der Waals surface area contributed by atoms with Crippen molar-refractivity contribution < 1.29 is 4.39 Å². The molecule has 0 unspecified atom stereocenters. The second-order valence-corrected chi connectivity index (χ2v) is 9.27. The van der Waals surface area contributed by atoms with Gasteiger partial charge in [-0.15, -0.1) is 0 Å². The summed E-state index contributed by atoms with van der Waals surface area (Å²) >= 11 is 5.98. The van der Waals surface area contributed by atoms with Gasteiger partial charge < -0.3 is 5.32 Å². The van der Waals surface area contributed by atoms with Crippen molar-refractivity contribution in [2.45, 2.75) is 59.0 Å². The molecule has 32 heavy (non-hydrogen) atoms. The van der Waals surface area contributed by atoms with Crippen LogP contribution in [0.5, 0.6) is 0 Å². The summed E-state index contributed by atoms with van der Waals surface area (Å²) in [4.78, 5) is 7.29. The molecule has 2 N–H and O–H groups in total. The zero-order valence-electron chi connectivity index (χ0n) is 19.0. The summed E-state index contributed by atoms with van der Waals surface area (Å²) in [5, 5.41) is 10.7. The molecule has 1 fully saturated rings. The Kier molecular flexibility index (Phi) is 7.11. The Balaban J connectivity index is 1.41. The zero-order valence-corrected chi connectivity index (χ0v) is 19.7. The van der Waals surface area contributed by atoms with Crippen LogP contribution >= 0.6 is 11.6 Å². The smallest absolute Gasteiger partial charge is 0.153 e. The summed E-state index contributed by atoms with van der Waals surface area (Å²) in [6.45, 7) is 7.88. The van der Waals surface area contributed by atoms with E-state index in [-0.39, 0.29) is 10.8 Å². The minimum absolute atomic E-state index is 0.200. The number of aromatic amines is 1. The monoisotopic (exact) mass is 455 g/mol. The number of H-pyrrole nitrogens is 1. The molecule has 0 saturated carbocycles. The average Bonchev–Trinajstić information content (AvgIpc) is 3.19. The van der Waals surface area contributed by atoms with Crippen LogP contribution in [-0.4, -0.2) is 32.7 Å². The Bertz CT molecular complexity index is 1070. The number of likely N-dealkylation sites (tertiary alicyclic amines) is 1. The molecule has 0 radical (unpaired) electrons. The maximum atomic E-state index is 14.4. The molecular weight excluding hydrogens is 425 g/mol. The minimum atomic E-state index is -0.289. The average molecular weight is 456 g/mol. The molecule has 3 aromatic rings. The van der Waals surface area contributed by atoms with Crippen LogP contribution < -0.4 is 5.32 Å². The molecule has 7 heteroatoms. The van der Waals surface area contributed by atoms with Gasteiger partial charge in [-0.2, -0.15) is 5.10 Å². The number of hydrogen-bond acceptors (Lipinski definition) is 4. The van der Waals surface area contributed by atoms with Gasteiger partial charge in [0.15, 0.2) is 5.82 Å². The van der Waals surface area contributed by atoms with Crippen molar-refractivity contribution in [3.63, 3.8) is 0 Å². The molecular formula is C25H31ClFN5. The normalized spacial score (nSPS) is 19.3. The predicted molar refractivity (Wildman–Crippen MR) is 128 cm³/mol. The molecule has 1 saturated heterocycles. The lowest BCUT2D eigenvalue weighted by Gasteiger charge is -2.39. The van der Waals surface area contributed by atoms with Gasteiger partial charge in [0.1, 0.15) is 11.6 Å². The first kappa shape index (κ1) is 22.7. The van der Waals surface area contributed by atoms with Crippen molar-refractivity contribution in [2.75, 3.05) is 11.9 Å². The first-order chi connectivity index (χ1) is 15.4. The SMILES string of the molecule is CC[C@@H]1C[C@H](Cc2nc(Nc3cc(C)[nH]n3)ccc2C)CCN1Cc1cccc(Cl)c1F. The molecule has 5 nitrogen and oxygen atoms in total. The number of anilines is 2. The molecule has 1 aromatic carbocycles. The molecule has 0 bridgehead atoms. The Hall–Kier alpha value is -2.44. The number of nitrogens with zero attached hydrogens (tertiary/aromatic N) is 3. The van der Waals surface area contributed by atoms with Gasteiger partial charge in [0, 0.05) is 35.6 Å². The molecule has 2 aromatic heterocycles. The molecule has 170 valence electrons. The molecule has 2 atom stereocenters. The maximum Gasteiger partial charge on any atom is 0.153 e. The highest BCUT2D eigenvalue weighted by Crippen LogP contribution is 2.31. The lowest BCUT2D eigenvalue weighted by molar-refractivity contribution is 0.0995. The number of pyridine rings is 1. The maximum absolute atomic E-state index is 14.4. The second-order valence-electron chi connectivity index (χ2n) is 8.86. The van der Waals surface area contributed by atoms with Crippen LogP contribution in [0, 0.1) is 25.6 Å². The fourth-order valence-electron chi connectivity index (χ4n) is 4.62. The quantitative estimate of drug-likeness (QED) is 0.446. The van der Waals surface area contributed by atoms with Gasteiger partial charge in [-0.25, -0.2) is 9.37 Å². The molecule has 3 heterocycles. The fraction of sp³-hybridized carbons (Fsp3) is 0.440. The van der Waals surface area contributed by atoms with E-state index in [9.17, 15) is 4.39 Å². The fourth-order valence-corrected chi connectivity index (χ4v) is 4.82. The van der Waals surface area contributed by atoms with Gasteiger partial charge in [0.25, 0.3) is 0 Å². The number of halogens is 2. The van der Waals surface area contributed by atoms with Gasteiger partial charge in [0.05, 0.1) is 5.02 Å². The number of piperidine rings is 1. The van der Waals surface area contributed by atoms with Crippen molar-refractivity contribution in [2.24, 2.45) is 5.92 Å². The van der Waals surface area contributed by atoms with Crippen LogP contribution in [0.1, 0.15) is 48.7 Å². The lowest BCUT2D eigenvalue weighted by Crippen LogP contribution is -2.42. The standard InChI is InChI=1S/C25H31ClFN5/c1-4-20-13-18(10-11-32(20)15-19-6-5-7-21(26)25(19)27)14-22-16(2)8-9-23(28-22)29-24-12-17(3)30-31-24/h5-9,12,18,20H,4,10-11,13-15H2,1-3H3,(H2,28,29,30,31)/t18-,20-/m1/s1. The third kappa shape index (κ3) is 5.30. The van der Waals surface area contributed by atoms with E-state index in [1.54, 1.807) is 6.07 Å². The second kappa shape index (κ2) is 10.0. The van der Waals surface area contributed by atoms with E-state index in [1.165, 1.54) is 5.56 Å². The highest BCUT2D eigenvalue weighted by atomic mass is 35.5. The zero-order chi connectivity index (χ0) is 22.7. The van der Waals surface area contributed by atoms with Crippen LogP contribution in [-0.2, 0) is 13.0 Å². The topological polar surface area (TPSA) is 56.8 Å². The molecule has 1 aliphatic heterocycles. The van der Waals surface area contributed by atoms with Crippen LogP contribution in [0.2, 0.25) is 5.02 Å². The Morgan fingerprint density at radius 1 is 1.22 bits per heavy atom. The molecule has 0 spiro atoms. The lowest BCUT2D eigenvalue weighted by atomic mass is 9.85. The minimum Gasteiger partial charge on any atom is -0.323 e. The summed E-state index contributed by atoms with van der Waals surface area (Å²) in [6.07, 6.45) is 4.17. The van der Waals surface area contributed by atoms with Crippen LogP contribution in [0.15, 0.2) is 36.4 Å².